The molecule has 1 saturated heterocycles. The maximum Gasteiger partial charge on any atom is 0.325 e. The number of nitrogens with zero attached hydrogens (tertiary/aromatic N) is 1. The van der Waals surface area contributed by atoms with E-state index in [1.165, 1.54) is 0 Å². The van der Waals surface area contributed by atoms with E-state index in [-0.39, 0.29) is 12.3 Å². The molecule has 6 nitrogen and oxygen atoms in total. The van der Waals surface area contributed by atoms with Crippen molar-refractivity contribution in [2.24, 2.45) is 0 Å². The predicted molar refractivity (Wildman–Crippen MR) is 96.7 cm³/mol. The summed E-state index contributed by atoms with van der Waals surface area (Å²) < 4.78 is 0. The van der Waals surface area contributed by atoms with Crippen molar-refractivity contribution in [1.82, 2.24) is 15.2 Å². The number of urea groups is 1. The number of H-pyrrole nitrogens is 1. The lowest BCUT2D eigenvalue weighted by atomic mass is 9.92. The molecule has 1 aliphatic heterocycles. The number of aromatic nitrogens is 1. The molecule has 2 aromatic carbocycles. The zero-order chi connectivity index (χ0) is 18.3. The number of aromatic amines is 1. The third-order valence-electron chi connectivity index (χ3n) is 4.82. The van der Waals surface area contributed by atoms with Gasteiger partial charge in [0.25, 0.3) is 5.91 Å². The van der Waals surface area contributed by atoms with Gasteiger partial charge in [0.15, 0.2) is 5.78 Å². The zero-order valence-electron chi connectivity index (χ0n) is 14.2. The van der Waals surface area contributed by atoms with Crippen molar-refractivity contribution in [3.8, 4) is 0 Å². The van der Waals surface area contributed by atoms with Crippen LogP contribution < -0.4 is 5.32 Å². The van der Waals surface area contributed by atoms with E-state index in [9.17, 15) is 14.4 Å². The molecule has 2 heterocycles. The van der Waals surface area contributed by atoms with Crippen molar-refractivity contribution in [2.45, 2.75) is 12.5 Å². The molecule has 6 heteroatoms. The molecule has 0 bridgehead atoms. The first-order valence-corrected chi connectivity index (χ1v) is 8.29. The van der Waals surface area contributed by atoms with E-state index in [0.29, 0.717) is 11.1 Å². The van der Waals surface area contributed by atoms with Crippen LogP contribution in [0.1, 0.15) is 22.8 Å². The fraction of sp³-hybridized carbons (Fsp3) is 0.150. The highest BCUT2D eigenvalue weighted by Gasteiger charge is 2.49. The molecule has 0 aliphatic carbocycles. The average molecular weight is 347 g/mol. The molecule has 1 aromatic heterocycles. The number of para-hydroxylation sites is 1. The molecular weight excluding hydrogens is 330 g/mol. The smallest absolute Gasteiger partial charge is 0.325 e. The molecule has 1 aliphatic rings. The van der Waals surface area contributed by atoms with Crippen LogP contribution in [0.2, 0.25) is 0 Å². The molecule has 3 aromatic rings. The largest absolute Gasteiger partial charge is 0.360 e. The van der Waals surface area contributed by atoms with Crippen LogP contribution in [0.25, 0.3) is 10.9 Å². The quantitative estimate of drug-likeness (QED) is 0.562. The third-order valence-corrected chi connectivity index (χ3v) is 4.82. The lowest BCUT2D eigenvalue weighted by Crippen LogP contribution is -2.41. The number of amides is 3. The fourth-order valence-corrected chi connectivity index (χ4v) is 3.34. The highest BCUT2D eigenvalue weighted by molar-refractivity contribution is 6.14. The van der Waals surface area contributed by atoms with Crippen molar-refractivity contribution < 1.29 is 14.4 Å². The van der Waals surface area contributed by atoms with Crippen LogP contribution in [-0.4, -0.2) is 34.2 Å². The fourth-order valence-electron chi connectivity index (χ4n) is 3.34. The lowest BCUT2D eigenvalue weighted by molar-refractivity contribution is -0.130. The number of nitrogens with one attached hydrogen (secondary N) is 2. The van der Waals surface area contributed by atoms with Crippen molar-refractivity contribution in [2.75, 3.05) is 6.54 Å². The zero-order valence-corrected chi connectivity index (χ0v) is 14.2. The lowest BCUT2D eigenvalue weighted by Gasteiger charge is -2.22. The van der Waals surface area contributed by atoms with E-state index >= 15 is 0 Å². The summed E-state index contributed by atoms with van der Waals surface area (Å²) in [6.07, 6.45) is 1.61. The van der Waals surface area contributed by atoms with E-state index in [4.69, 9.17) is 0 Å². The number of hydrogen-bond acceptors (Lipinski definition) is 3. The molecule has 0 saturated carbocycles. The van der Waals surface area contributed by atoms with Gasteiger partial charge in [-0.2, -0.15) is 0 Å². The Labute approximate surface area is 149 Å². The van der Waals surface area contributed by atoms with E-state index in [1.54, 1.807) is 37.4 Å². The Hall–Kier alpha value is -3.41. The van der Waals surface area contributed by atoms with Gasteiger partial charge in [-0.1, -0.05) is 48.5 Å². The summed E-state index contributed by atoms with van der Waals surface area (Å²) in [6, 6.07) is 15.9. The highest BCUT2D eigenvalue weighted by Crippen LogP contribution is 2.29. The van der Waals surface area contributed by atoms with Crippen molar-refractivity contribution in [1.29, 1.82) is 0 Å². The van der Waals surface area contributed by atoms with Gasteiger partial charge in [0.05, 0.1) is 6.54 Å². The molecule has 26 heavy (non-hydrogen) atoms. The summed E-state index contributed by atoms with van der Waals surface area (Å²) in [5, 5.41) is 3.49. The summed E-state index contributed by atoms with van der Waals surface area (Å²) in [5.41, 5.74) is 0.816. The van der Waals surface area contributed by atoms with Crippen LogP contribution in [0.5, 0.6) is 0 Å². The predicted octanol–water partition coefficient (Wildman–Crippen LogP) is 2.82. The van der Waals surface area contributed by atoms with Crippen LogP contribution in [0, 0.1) is 0 Å². The Balaban J connectivity index is 1.61. The second-order valence-electron chi connectivity index (χ2n) is 6.48. The number of hydrogen-bond donors (Lipinski definition) is 2. The number of benzene rings is 2. The minimum Gasteiger partial charge on any atom is -0.360 e. The standard InChI is InChI=1S/C20H17N3O3/c1-20(13-7-3-2-4-8-13)18(25)23(19(26)22-20)12-17(24)15-11-21-16-10-6-5-9-14(15)16/h2-11,21H,12H2,1H3,(H,22,26)/t20-/m1/s1. The Bertz CT molecular complexity index is 1020. The molecule has 0 unspecified atom stereocenters. The number of rotatable bonds is 4. The molecule has 130 valence electrons. The summed E-state index contributed by atoms with van der Waals surface area (Å²) in [5.74, 6) is -0.717. The minimum absolute atomic E-state index is 0.289. The van der Waals surface area contributed by atoms with E-state index in [1.807, 2.05) is 30.3 Å². The topological polar surface area (TPSA) is 82.3 Å². The minimum atomic E-state index is -1.17. The Morgan fingerprint density at radius 1 is 1.04 bits per heavy atom. The van der Waals surface area contributed by atoms with Gasteiger partial charge in [-0.25, -0.2) is 4.79 Å². The first kappa shape index (κ1) is 16.1. The van der Waals surface area contributed by atoms with Crippen LogP contribution in [0.15, 0.2) is 60.8 Å². The molecule has 0 radical (unpaired) electrons. The monoisotopic (exact) mass is 347 g/mol. The number of ketones is 1. The van der Waals surface area contributed by atoms with E-state index < -0.39 is 17.5 Å². The first-order chi connectivity index (χ1) is 12.5. The Morgan fingerprint density at radius 3 is 2.50 bits per heavy atom. The number of carbonyl (C=O) groups is 3. The Kier molecular flexibility index (Phi) is 3.61. The van der Waals surface area contributed by atoms with Gasteiger partial charge in [-0.15, -0.1) is 0 Å². The van der Waals surface area contributed by atoms with Crippen molar-refractivity contribution >= 4 is 28.6 Å². The summed E-state index contributed by atoms with van der Waals surface area (Å²) in [4.78, 5) is 42.0. The molecule has 2 N–H and O–H groups in total. The molecular formula is C20H17N3O3. The van der Waals surface area contributed by atoms with Crippen molar-refractivity contribution in [3.05, 3.63) is 71.9 Å². The van der Waals surface area contributed by atoms with Crippen LogP contribution in [-0.2, 0) is 10.3 Å². The Morgan fingerprint density at radius 2 is 1.73 bits per heavy atom. The molecule has 1 atom stereocenters. The summed E-state index contributed by atoms with van der Waals surface area (Å²) in [7, 11) is 0. The molecule has 0 spiro atoms. The summed E-state index contributed by atoms with van der Waals surface area (Å²) >= 11 is 0. The maximum atomic E-state index is 12.9. The van der Waals surface area contributed by atoms with E-state index in [2.05, 4.69) is 10.3 Å². The van der Waals surface area contributed by atoms with Gasteiger partial charge in [-0.05, 0) is 18.6 Å². The highest BCUT2D eigenvalue weighted by atomic mass is 16.2. The molecule has 3 amide bonds. The average Bonchev–Trinajstić information content (AvgIpc) is 3.18. The molecule has 1 fully saturated rings. The number of Topliss-reactive ketones (excluding diaryl/α,β-unsaturated/α-hetero) is 1. The first-order valence-electron chi connectivity index (χ1n) is 8.29. The van der Waals surface area contributed by atoms with E-state index in [0.717, 1.165) is 15.8 Å². The SMILES string of the molecule is C[C@]1(c2ccccc2)NC(=O)N(CC(=O)c2c[nH]c3ccccc23)C1=O. The van der Waals surface area contributed by atoms with Crippen LogP contribution >= 0.6 is 0 Å². The summed E-state index contributed by atoms with van der Waals surface area (Å²) in [6.45, 7) is 1.35. The normalized spacial score (nSPS) is 19.8. The van der Waals surface area contributed by atoms with Gasteiger partial charge >= 0.3 is 6.03 Å². The van der Waals surface area contributed by atoms with Crippen LogP contribution in [0.4, 0.5) is 4.79 Å². The number of imide groups is 1. The molecule has 4 rings (SSSR count). The number of carbonyl (C=O) groups excluding carboxylic acids is 3. The van der Waals surface area contributed by atoms with Gasteiger partial charge in [0.1, 0.15) is 5.54 Å². The maximum absolute atomic E-state index is 12.9. The van der Waals surface area contributed by atoms with Crippen molar-refractivity contribution in [3.63, 3.8) is 0 Å². The van der Waals surface area contributed by atoms with Gasteiger partial charge in [-0.3, -0.25) is 14.5 Å². The number of fused-ring (bicyclic) bond motifs is 1. The second kappa shape index (κ2) is 5.84. The van der Waals surface area contributed by atoms with Gasteiger partial charge in [0.2, 0.25) is 0 Å². The van der Waals surface area contributed by atoms with Gasteiger partial charge < -0.3 is 10.3 Å². The van der Waals surface area contributed by atoms with Gasteiger partial charge in [0, 0.05) is 22.7 Å². The third kappa shape index (κ3) is 2.38. The van der Waals surface area contributed by atoms with Crippen LogP contribution in [0.3, 0.4) is 0 Å². The second-order valence-corrected chi connectivity index (χ2v) is 6.48.